The van der Waals surface area contributed by atoms with Crippen LogP contribution in [-0.2, 0) is 0 Å². The van der Waals surface area contributed by atoms with Gasteiger partial charge in [0, 0.05) is 22.3 Å². The minimum absolute atomic E-state index is 0.0373. The standard InChI is InChI=1S/C18H23NOS/c1-12-6-5-7-15(10-12)21-11-17(19)16-9-8-13(2)14(3)18(16)20-4/h5-10,17H,11,19H2,1-4H3. The number of hydrogen-bond acceptors (Lipinski definition) is 3. The van der Waals surface area contributed by atoms with Crippen molar-refractivity contribution in [2.75, 3.05) is 12.9 Å². The summed E-state index contributed by atoms with van der Waals surface area (Å²) in [6, 6.07) is 12.7. The molecule has 0 saturated carbocycles. The van der Waals surface area contributed by atoms with Gasteiger partial charge in [-0.3, -0.25) is 0 Å². The molecule has 112 valence electrons. The molecule has 0 bridgehead atoms. The Balaban J connectivity index is 2.13. The van der Waals surface area contributed by atoms with Crippen LogP contribution in [0.15, 0.2) is 41.3 Å². The summed E-state index contributed by atoms with van der Waals surface area (Å²) in [5.41, 5.74) is 11.1. The predicted molar refractivity (Wildman–Crippen MR) is 91.3 cm³/mol. The molecule has 2 aromatic rings. The summed E-state index contributed by atoms with van der Waals surface area (Å²) in [6.45, 7) is 6.28. The highest BCUT2D eigenvalue weighted by molar-refractivity contribution is 7.99. The van der Waals surface area contributed by atoms with E-state index in [1.54, 1.807) is 18.9 Å². The van der Waals surface area contributed by atoms with Gasteiger partial charge >= 0.3 is 0 Å². The number of nitrogens with two attached hydrogens (primary N) is 1. The van der Waals surface area contributed by atoms with Crippen LogP contribution in [0.2, 0.25) is 0 Å². The highest BCUT2D eigenvalue weighted by Crippen LogP contribution is 2.32. The molecule has 2 rings (SSSR count). The first kappa shape index (κ1) is 15.9. The first-order valence-electron chi connectivity index (χ1n) is 7.12. The Morgan fingerprint density at radius 1 is 1.14 bits per heavy atom. The monoisotopic (exact) mass is 301 g/mol. The summed E-state index contributed by atoms with van der Waals surface area (Å²) < 4.78 is 5.56. The third kappa shape index (κ3) is 3.80. The fourth-order valence-electron chi connectivity index (χ4n) is 2.35. The minimum Gasteiger partial charge on any atom is -0.496 e. The maximum atomic E-state index is 6.38. The molecule has 0 amide bonds. The molecule has 1 atom stereocenters. The summed E-state index contributed by atoms with van der Waals surface area (Å²) in [5.74, 6) is 1.76. The lowest BCUT2D eigenvalue weighted by Crippen LogP contribution is -2.15. The van der Waals surface area contributed by atoms with Crippen molar-refractivity contribution in [1.82, 2.24) is 0 Å². The Morgan fingerprint density at radius 3 is 2.57 bits per heavy atom. The highest BCUT2D eigenvalue weighted by atomic mass is 32.2. The van der Waals surface area contributed by atoms with Crippen molar-refractivity contribution < 1.29 is 4.74 Å². The van der Waals surface area contributed by atoms with Crippen molar-refractivity contribution in [3.05, 3.63) is 58.7 Å². The Morgan fingerprint density at radius 2 is 1.90 bits per heavy atom. The fourth-order valence-corrected chi connectivity index (χ4v) is 3.35. The quantitative estimate of drug-likeness (QED) is 0.831. The molecule has 0 heterocycles. The second-order valence-corrected chi connectivity index (χ2v) is 6.46. The number of hydrogen-bond donors (Lipinski definition) is 1. The summed E-state index contributed by atoms with van der Waals surface area (Å²) in [5, 5.41) is 0. The number of rotatable bonds is 5. The second kappa shape index (κ2) is 7.01. The normalized spacial score (nSPS) is 12.2. The first-order valence-corrected chi connectivity index (χ1v) is 8.10. The molecule has 0 spiro atoms. The lowest BCUT2D eigenvalue weighted by molar-refractivity contribution is 0.403. The first-order chi connectivity index (χ1) is 10.0. The molecule has 3 heteroatoms. The van der Waals surface area contributed by atoms with E-state index in [4.69, 9.17) is 10.5 Å². The van der Waals surface area contributed by atoms with E-state index in [1.807, 2.05) is 0 Å². The van der Waals surface area contributed by atoms with Gasteiger partial charge in [-0.15, -0.1) is 11.8 Å². The van der Waals surface area contributed by atoms with Crippen LogP contribution >= 0.6 is 11.8 Å². The smallest absolute Gasteiger partial charge is 0.126 e. The van der Waals surface area contributed by atoms with Crippen LogP contribution in [0.4, 0.5) is 0 Å². The molecule has 0 radical (unpaired) electrons. The summed E-state index contributed by atoms with van der Waals surface area (Å²) in [7, 11) is 1.71. The number of benzene rings is 2. The van der Waals surface area contributed by atoms with Crippen LogP contribution in [-0.4, -0.2) is 12.9 Å². The van der Waals surface area contributed by atoms with E-state index in [2.05, 4.69) is 57.2 Å². The fraction of sp³-hybridized carbons (Fsp3) is 0.333. The molecule has 0 saturated heterocycles. The zero-order chi connectivity index (χ0) is 15.4. The zero-order valence-corrected chi connectivity index (χ0v) is 14.0. The zero-order valence-electron chi connectivity index (χ0n) is 13.1. The van der Waals surface area contributed by atoms with E-state index in [0.29, 0.717) is 0 Å². The Labute approximate surface area is 131 Å². The molecule has 0 aliphatic heterocycles. The van der Waals surface area contributed by atoms with Gasteiger partial charge in [0.1, 0.15) is 5.75 Å². The van der Waals surface area contributed by atoms with Gasteiger partial charge in [0.15, 0.2) is 0 Å². The van der Waals surface area contributed by atoms with Crippen LogP contribution in [0, 0.1) is 20.8 Å². The third-order valence-corrected chi connectivity index (χ3v) is 4.84. The Bertz CT molecular complexity index is 625. The van der Waals surface area contributed by atoms with Gasteiger partial charge in [0.05, 0.1) is 7.11 Å². The lowest BCUT2D eigenvalue weighted by Gasteiger charge is -2.18. The van der Waals surface area contributed by atoms with Gasteiger partial charge < -0.3 is 10.5 Å². The molecular formula is C18H23NOS. The van der Waals surface area contributed by atoms with Gasteiger partial charge in [-0.2, -0.15) is 0 Å². The lowest BCUT2D eigenvalue weighted by atomic mass is 10.0. The molecule has 1 unspecified atom stereocenters. The molecule has 21 heavy (non-hydrogen) atoms. The van der Waals surface area contributed by atoms with E-state index in [9.17, 15) is 0 Å². The largest absolute Gasteiger partial charge is 0.496 e. The molecule has 0 fully saturated rings. The Kier molecular flexibility index (Phi) is 5.32. The second-order valence-electron chi connectivity index (χ2n) is 5.36. The average molecular weight is 301 g/mol. The molecule has 0 aliphatic carbocycles. The maximum absolute atomic E-state index is 6.38. The van der Waals surface area contributed by atoms with Gasteiger partial charge in [0.2, 0.25) is 0 Å². The van der Waals surface area contributed by atoms with Gasteiger partial charge in [0.25, 0.3) is 0 Å². The number of ether oxygens (including phenoxy) is 1. The van der Waals surface area contributed by atoms with E-state index in [0.717, 1.165) is 17.1 Å². The Hall–Kier alpha value is -1.45. The number of methoxy groups -OCH3 is 1. The van der Waals surface area contributed by atoms with Crippen LogP contribution in [0.1, 0.15) is 28.3 Å². The SMILES string of the molecule is COc1c(C(N)CSc2cccc(C)c2)ccc(C)c1C. The third-order valence-electron chi connectivity index (χ3n) is 3.73. The number of aryl methyl sites for hydroxylation is 2. The average Bonchev–Trinajstić information content (AvgIpc) is 2.47. The van der Waals surface area contributed by atoms with Crippen LogP contribution in [0.25, 0.3) is 0 Å². The van der Waals surface area contributed by atoms with Crippen molar-refractivity contribution in [2.45, 2.75) is 31.7 Å². The van der Waals surface area contributed by atoms with Crippen molar-refractivity contribution in [2.24, 2.45) is 5.73 Å². The van der Waals surface area contributed by atoms with Gasteiger partial charge in [-0.1, -0.05) is 29.8 Å². The molecular weight excluding hydrogens is 278 g/mol. The van der Waals surface area contributed by atoms with E-state index < -0.39 is 0 Å². The minimum atomic E-state index is -0.0373. The van der Waals surface area contributed by atoms with Crippen LogP contribution < -0.4 is 10.5 Å². The van der Waals surface area contributed by atoms with Crippen molar-refractivity contribution in [3.63, 3.8) is 0 Å². The topological polar surface area (TPSA) is 35.2 Å². The predicted octanol–water partition coefficient (Wildman–Crippen LogP) is 4.41. The van der Waals surface area contributed by atoms with Crippen molar-refractivity contribution in [1.29, 1.82) is 0 Å². The number of thioether (sulfide) groups is 1. The van der Waals surface area contributed by atoms with E-state index >= 15 is 0 Å². The summed E-state index contributed by atoms with van der Waals surface area (Å²) >= 11 is 1.79. The van der Waals surface area contributed by atoms with Crippen LogP contribution in [0.5, 0.6) is 5.75 Å². The van der Waals surface area contributed by atoms with E-state index in [1.165, 1.54) is 21.6 Å². The highest BCUT2D eigenvalue weighted by Gasteiger charge is 2.15. The molecule has 2 nitrogen and oxygen atoms in total. The van der Waals surface area contributed by atoms with Gasteiger partial charge in [-0.25, -0.2) is 0 Å². The summed E-state index contributed by atoms with van der Waals surface area (Å²) in [6.07, 6.45) is 0. The van der Waals surface area contributed by atoms with Crippen molar-refractivity contribution in [3.8, 4) is 5.75 Å². The molecule has 0 aliphatic rings. The molecule has 2 aromatic carbocycles. The maximum Gasteiger partial charge on any atom is 0.126 e. The summed E-state index contributed by atoms with van der Waals surface area (Å²) in [4.78, 5) is 1.26. The molecule has 2 N–H and O–H groups in total. The van der Waals surface area contributed by atoms with Gasteiger partial charge in [-0.05, 0) is 44.0 Å². The van der Waals surface area contributed by atoms with Crippen LogP contribution in [0.3, 0.4) is 0 Å². The molecule has 0 aromatic heterocycles. The van der Waals surface area contributed by atoms with Crippen molar-refractivity contribution >= 4 is 11.8 Å². The van der Waals surface area contributed by atoms with E-state index in [-0.39, 0.29) is 6.04 Å².